The molecule has 0 aliphatic heterocycles. The highest BCUT2D eigenvalue weighted by atomic mass is 79.9. The van der Waals surface area contributed by atoms with Crippen LogP contribution in [0.5, 0.6) is 11.5 Å². The van der Waals surface area contributed by atoms with Crippen molar-refractivity contribution < 1.29 is 19.0 Å². The van der Waals surface area contributed by atoms with E-state index >= 15 is 0 Å². The highest BCUT2D eigenvalue weighted by molar-refractivity contribution is 9.10. The maximum absolute atomic E-state index is 11.9. The van der Waals surface area contributed by atoms with Gasteiger partial charge in [-0.3, -0.25) is 0 Å². The summed E-state index contributed by atoms with van der Waals surface area (Å²) < 4.78 is 17.5. The molecule has 0 heterocycles. The summed E-state index contributed by atoms with van der Waals surface area (Å²) in [6.07, 6.45) is 2.07. The lowest BCUT2D eigenvalue weighted by Crippen LogP contribution is -2.09. The van der Waals surface area contributed by atoms with Gasteiger partial charge in [-0.15, -0.1) is 0 Å². The standard InChI is InChI=1S/C20H18BrCl3O4/c1-13-11-16(26-10-7-18(23)24)12-17(22)19(13)27-8-2-9-28-20(25)14-3-5-15(21)6-4-14/h3-7,11-12H,2,8-10H2,1H3. The molecule has 0 bridgehead atoms. The molecule has 8 heteroatoms. The van der Waals surface area contributed by atoms with Crippen molar-refractivity contribution in [2.45, 2.75) is 13.3 Å². The van der Waals surface area contributed by atoms with E-state index in [9.17, 15) is 4.79 Å². The fourth-order valence-corrected chi connectivity index (χ4v) is 2.94. The Morgan fingerprint density at radius 2 is 1.82 bits per heavy atom. The van der Waals surface area contributed by atoms with Crippen molar-refractivity contribution in [3.8, 4) is 11.5 Å². The van der Waals surface area contributed by atoms with Crippen LogP contribution < -0.4 is 9.47 Å². The summed E-state index contributed by atoms with van der Waals surface area (Å²) in [6, 6.07) is 10.5. The van der Waals surface area contributed by atoms with E-state index < -0.39 is 0 Å². The first-order chi connectivity index (χ1) is 13.4. The van der Waals surface area contributed by atoms with Crippen molar-refractivity contribution in [1.82, 2.24) is 0 Å². The van der Waals surface area contributed by atoms with Crippen LogP contribution in [0.15, 0.2) is 51.4 Å². The van der Waals surface area contributed by atoms with E-state index in [-0.39, 0.29) is 23.7 Å². The first kappa shape index (κ1) is 22.9. The minimum absolute atomic E-state index is 0.142. The highest BCUT2D eigenvalue weighted by Crippen LogP contribution is 2.33. The number of benzene rings is 2. The Hall–Kier alpha value is -1.40. The first-order valence-corrected chi connectivity index (χ1v) is 10.3. The third kappa shape index (κ3) is 7.55. The highest BCUT2D eigenvalue weighted by Gasteiger charge is 2.10. The van der Waals surface area contributed by atoms with Crippen LogP contribution in [0.1, 0.15) is 22.3 Å². The van der Waals surface area contributed by atoms with E-state index in [1.807, 2.05) is 13.0 Å². The molecule has 0 spiro atoms. The van der Waals surface area contributed by atoms with Gasteiger partial charge in [0.15, 0.2) is 0 Å². The first-order valence-electron chi connectivity index (χ1n) is 8.36. The second kappa shape index (κ2) is 11.6. The Morgan fingerprint density at radius 1 is 1.11 bits per heavy atom. The summed E-state index contributed by atoms with van der Waals surface area (Å²) in [7, 11) is 0. The van der Waals surface area contributed by atoms with Crippen molar-refractivity contribution in [1.29, 1.82) is 0 Å². The van der Waals surface area contributed by atoms with Gasteiger partial charge in [0.2, 0.25) is 0 Å². The SMILES string of the molecule is Cc1cc(OCC=C(Cl)Cl)cc(Cl)c1OCCCOC(=O)c1ccc(Br)cc1. The third-order valence-electron chi connectivity index (χ3n) is 3.54. The van der Waals surface area contributed by atoms with Crippen LogP contribution in [0.2, 0.25) is 5.02 Å². The molecule has 2 rings (SSSR count). The Kier molecular flexibility index (Phi) is 9.45. The molecule has 0 N–H and O–H groups in total. The average Bonchev–Trinajstić information content (AvgIpc) is 2.63. The fraction of sp³-hybridized carbons (Fsp3) is 0.250. The molecule has 28 heavy (non-hydrogen) atoms. The normalized spacial score (nSPS) is 10.3. The van der Waals surface area contributed by atoms with Gasteiger partial charge in [0, 0.05) is 17.0 Å². The lowest BCUT2D eigenvalue weighted by atomic mass is 10.2. The van der Waals surface area contributed by atoms with Crippen LogP contribution in [-0.4, -0.2) is 25.8 Å². The van der Waals surface area contributed by atoms with Crippen LogP contribution in [0, 0.1) is 6.92 Å². The molecule has 0 saturated carbocycles. The molecule has 0 atom stereocenters. The smallest absolute Gasteiger partial charge is 0.338 e. The van der Waals surface area contributed by atoms with E-state index in [1.165, 1.54) is 6.08 Å². The molecule has 0 aliphatic carbocycles. The largest absolute Gasteiger partial charge is 0.492 e. The van der Waals surface area contributed by atoms with Gasteiger partial charge in [0.05, 0.1) is 23.8 Å². The number of hydrogen-bond donors (Lipinski definition) is 0. The summed E-state index contributed by atoms with van der Waals surface area (Å²) in [5.74, 6) is 0.789. The topological polar surface area (TPSA) is 44.8 Å². The summed E-state index contributed by atoms with van der Waals surface area (Å²) in [6.45, 7) is 2.71. The van der Waals surface area contributed by atoms with E-state index in [2.05, 4.69) is 15.9 Å². The summed E-state index contributed by atoms with van der Waals surface area (Å²) in [4.78, 5) is 11.9. The Bertz CT molecular complexity index is 811. The van der Waals surface area contributed by atoms with Crippen LogP contribution in [0.4, 0.5) is 0 Å². The average molecular weight is 509 g/mol. The molecule has 2 aromatic rings. The van der Waals surface area contributed by atoms with E-state index in [0.29, 0.717) is 35.1 Å². The van der Waals surface area contributed by atoms with Gasteiger partial charge in [0.1, 0.15) is 22.6 Å². The number of rotatable bonds is 9. The van der Waals surface area contributed by atoms with Gasteiger partial charge in [-0.25, -0.2) is 4.79 Å². The van der Waals surface area contributed by atoms with Crippen molar-refractivity contribution in [2.24, 2.45) is 0 Å². The molecule has 4 nitrogen and oxygen atoms in total. The number of hydrogen-bond acceptors (Lipinski definition) is 4. The molecule has 0 radical (unpaired) electrons. The van der Waals surface area contributed by atoms with Gasteiger partial charge < -0.3 is 14.2 Å². The predicted molar refractivity (Wildman–Crippen MR) is 116 cm³/mol. The minimum atomic E-state index is -0.366. The number of aryl methyl sites for hydroxylation is 1. The fourth-order valence-electron chi connectivity index (χ4n) is 2.23. The second-order valence-electron chi connectivity index (χ2n) is 5.70. The van der Waals surface area contributed by atoms with Gasteiger partial charge in [-0.2, -0.15) is 0 Å². The molecule has 0 fully saturated rings. The molecular weight excluding hydrogens is 490 g/mol. The van der Waals surface area contributed by atoms with Crippen LogP contribution in [0.3, 0.4) is 0 Å². The summed E-state index contributed by atoms with van der Waals surface area (Å²) in [5.41, 5.74) is 1.33. The number of ether oxygens (including phenoxy) is 3. The summed E-state index contributed by atoms with van der Waals surface area (Å²) in [5, 5.41) is 0.433. The quantitative estimate of drug-likeness (QED) is 0.278. The maximum Gasteiger partial charge on any atom is 0.338 e. The van der Waals surface area contributed by atoms with Crippen molar-refractivity contribution in [3.63, 3.8) is 0 Å². The Morgan fingerprint density at radius 3 is 2.46 bits per heavy atom. The van der Waals surface area contributed by atoms with Crippen LogP contribution >= 0.6 is 50.7 Å². The van der Waals surface area contributed by atoms with Crippen molar-refractivity contribution in [2.75, 3.05) is 19.8 Å². The molecule has 0 aliphatic rings. The molecule has 150 valence electrons. The lowest BCUT2D eigenvalue weighted by Gasteiger charge is -2.13. The van der Waals surface area contributed by atoms with Gasteiger partial charge >= 0.3 is 5.97 Å². The lowest BCUT2D eigenvalue weighted by molar-refractivity contribution is 0.0486. The van der Waals surface area contributed by atoms with Gasteiger partial charge in [0.25, 0.3) is 0 Å². The summed E-state index contributed by atoms with van der Waals surface area (Å²) >= 11 is 20.7. The molecule has 0 aromatic heterocycles. The molecule has 2 aromatic carbocycles. The molecular formula is C20H18BrCl3O4. The van der Waals surface area contributed by atoms with E-state index in [0.717, 1.165) is 10.0 Å². The van der Waals surface area contributed by atoms with Gasteiger partial charge in [-0.05, 0) is 48.9 Å². The Labute approximate surface area is 187 Å². The van der Waals surface area contributed by atoms with Crippen LogP contribution in [-0.2, 0) is 4.74 Å². The number of halogens is 4. The minimum Gasteiger partial charge on any atom is -0.492 e. The molecule has 0 amide bonds. The zero-order valence-corrected chi connectivity index (χ0v) is 18.9. The number of carbonyl (C=O) groups is 1. The zero-order chi connectivity index (χ0) is 20.5. The predicted octanol–water partition coefficient (Wildman–Crippen LogP) is 6.73. The van der Waals surface area contributed by atoms with E-state index in [1.54, 1.807) is 30.3 Å². The molecule has 0 saturated heterocycles. The second-order valence-corrected chi connectivity index (χ2v) is 8.03. The number of carbonyl (C=O) groups excluding carboxylic acids is 1. The van der Waals surface area contributed by atoms with Crippen molar-refractivity contribution in [3.05, 3.63) is 67.6 Å². The monoisotopic (exact) mass is 506 g/mol. The van der Waals surface area contributed by atoms with Crippen molar-refractivity contribution >= 4 is 56.7 Å². The number of esters is 1. The molecule has 0 unspecified atom stereocenters. The van der Waals surface area contributed by atoms with Gasteiger partial charge in [-0.1, -0.05) is 50.7 Å². The third-order valence-corrected chi connectivity index (χ3v) is 4.66. The Balaban J connectivity index is 1.78. The maximum atomic E-state index is 11.9. The van der Waals surface area contributed by atoms with E-state index in [4.69, 9.17) is 49.0 Å². The van der Waals surface area contributed by atoms with Crippen LogP contribution in [0.25, 0.3) is 0 Å². The zero-order valence-electron chi connectivity index (χ0n) is 15.0.